The molecule has 0 unspecified atom stereocenters. The molecule has 0 saturated carbocycles. The first-order valence-electron chi connectivity index (χ1n) is 10.5. The van der Waals surface area contributed by atoms with Gasteiger partial charge in [-0.25, -0.2) is 13.1 Å². The van der Waals surface area contributed by atoms with Crippen LogP contribution in [0, 0.1) is 0 Å². The normalized spacial score (nSPS) is 15.9. The van der Waals surface area contributed by atoms with Crippen molar-refractivity contribution in [2.45, 2.75) is 56.8 Å². The summed E-state index contributed by atoms with van der Waals surface area (Å²) in [6.07, 6.45) is -3.86. The molecule has 0 aliphatic carbocycles. The molecule has 0 atom stereocenters. The second-order valence-electron chi connectivity index (χ2n) is 8.35. The molecule has 1 aliphatic heterocycles. The number of sulfonamides is 1. The fraction of sp³-hybridized carbons (Fsp3) is 0.348. The van der Waals surface area contributed by atoms with Crippen LogP contribution < -0.4 is 4.72 Å². The van der Waals surface area contributed by atoms with Crippen molar-refractivity contribution < 1.29 is 31.2 Å². The van der Waals surface area contributed by atoms with Crippen LogP contribution in [0.4, 0.5) is 13.2 Å². The van der Waals surface area contributed by atoms with E-state index in [9.17, 15) is 31.2 Å². The van der Waals surface area contributed by atoms with Gasteiger partial charge in [0.1, 0.15) is 11.4 Å². The molecule has 1 heterocycles. The summed E-state index contributed by atoms with van der Waals surface area (Å²) in [4.78, 5) is 29.2. The highest BCUT2D eigenvalue weighted by Crippen LogP contribution is 2.31. The molecule has 2 aromatic rings. The molecule has 11 heteroatoms. The highest BCUT2D eigenvalue weighted by Gasteiger charge is 2.42. The van der Waals surface area contributed by atoms with Crippen molar-refractivity contribution in [2.24, 2.45) is 4.99 Å². The maximum absolute atomic E-state index is 12.6. The Bertz CT molecular complexity index is 1240. The zero-order valence-electron chi connectivity index (χ0n) is 18.8. The van der Waals surface area contributed by atoms with E-state index in [0.29, 0.717) is 24.4 Å². The van der Waals surface area contributed by atoms with Gasteiger partial charge < -0.3 is 4.90 Å². The van der Waals surface area contributed by atoms with Crippen molar-refractivity contribution in [1.29, 1.82) is 0 Å². The molecular weight excluding hydrogens is 471 g/mol. The summed E-state index contributed by atoms with van der Waals surface area (Å²) in [5, 5.41) is 0. The van der Waals surface area contributed by atoms with Gasteiger partial charge in [0.2, 0.25) is 0 Å². The molecule has 0 spiro atoms. The standard InChI is InChI=1S/C23H24F3N3O4S/c1-4-7-19-27-20(30)22(2,3)29(19)14-15-10-12-16(13-11-15)17-8-5-6-9-18(17)34(32,33)28-21(31)23(24,25)26/h5-6,8-13H,4,7,14H2,1-3H3,(H,28,31). The summed E-state index contributed by atoms with van der Waals surface area (Å²) < 4.78 is 63.8. The maximum atomic E-state index is 12.6. The lowest BCUT2D eigenvalue weighted by Crippen LogP contribution is -2.46. The second kappa shape index (κ2) is 9.21. The Balaban J connectivity index is 1.88. The number of halogens is 3. The molecular formula is C23H24F3N3O4S. The van der Waals surface area contributed by atoms with E-state index in [1.54, 1.807) is 44.2 Å². The predicted molar refractivity (Wildman–Crippen MR) is 120 cm³/mol. The van der Waals surface area contributed by atoms with E-state index >= 15 is 0 Å². The average molecular weight is 496 g/mol. The summed E-state index contributed by atoms with van der Waals surface area (Å²) in [6, 6.07) is 12.2. The van der Waals surface area contributed by atoms with E-state index in [1.165, 1.54) is 12.1 Å². The lowest BCUT2D eigenvalue weighted by atomic mass is 10.0. The van der Waals surface area contributed by atoms with Crippen LogP contribution in [-0.4, -0.2) is 42.7 Å². The minimum absolute atomic E-state index is 0.140. The van der Waals surface area contributed by atoms with Gasteiger partial charge in [0.05, 0.1) is 4.90 Å². The molecule has 7 nitrogen and oxygen atoms in total. The van der Waals surface area contributed by atoms with Gasteiger partial charge in [-0.3, -0.25) is 9.59 Å². The van der Waals surface area contributed by atoms with Gasteiger partial charge in [0.15, 0.2) is 0 Å². The Morgan fingerprint density at radius 3 is 2.29 bits per heavy atom. The number of carbonyl (C=O) groups excluding carboxylic acids is 2. The van der Waals surface area contributed by atoms with E-state index in [-0.39, 0.29) is 11.5 Å². The van der Waals surface area contributed by atoms with Gasteiger partial charge >= 0.3 is 12.1 Å². The van der Waals surface area contributed by atoms with Crippen LogP contribution >= 0.6 is 0 Å². The minimum atomic E-state index is -5.34. The summed E-state index contributed by atoms with van der Waals surface area (Å²) >= 11 is 0. The smallest absolute Gasteiger partial charge is 0.341 e. The number of nitrogens with zero attached hydrogens (tertiary/aromatic N) is 2. The van der Waals surface area contributed by atoms with Crippen LogP contribution in [-0.2, 0) is 26.2 Å². The first-order valence-corrected chi connectivity index (χ1v) is 12.0. The number of amides is 2. The van der Waals surface area contributed by atoms with Crippen LogP contribution in [0.5, 0.6) is 0 Å². The third-order valence-corrected chi connectivity index (χ3v) is 6.87. The number of amidine groups is 1. The molecule has 3 rings (SSSR count). The molecule has 2 amide bonds. The van der Waals surface area contributed by atoms with Gasteiger partial charge in [0, 0.05) is 18.5 Å². The second-order valence-corrected chi connectivity index (χ2v) is 10.0. The Morgan fingerprint density at radius 2 is 1.71 bits per heavy atom. The van der Waals surface area contributed by atoms with E-state index < -0.39 is 32.5 Å². The number of alkyl halides is 3. The number of benzene rings is 2. The lowest BCUT2D eigenvalue weighted by molar-refractivity contribution is -0.171. The first kappa shape index (κ1) is 25.4. The van der Waals surface area contributed by atoms with Crippen molar-refractivity contribution >= 4 is 27.7 Å². The number of carbonyl (C=O) groups is 2. The van der Waals surface area contributed by atoms with Crippen molar-refractivity contribution in [1.82, 2.24) is 9.62 Å². The Morgan fingerprint density at radius 1 is 1.09 bits per heavy atom. The van der Waals surface area contributed by atoms with E-state index in [2.05, 4.69) is 4.99 Å². The van der Waals surface area contributed by atoms with Crippen molar-refractivity contribution in [3.8, 4) is 11.1 Å². The van der Waals surface area contributed by atoms with Gasteiger partial charge in [-0.1, -0.05) is 49.4 Å². The van der Waals surface area contributed by atoms with E-state index in [4.69, 9.17) is 0 Å². The van der Waals surface area contributed by atoms with Gasteiger partial charge in [-0.05, 0) is 37.5 Å². The van der Waals surface area contributed by atoms with Crippen molar-refractivity contribution in [3.05, 3.63) is 54.1 Å². The number of aliphatic imine (C=N–C) groups is 1. The number of nitrogens with one attached hydrogen (secondary N) is 1. The molecule has 0 radical (unpaired) electrons. The number of rotatable bonds is 7. The molecule has 0 aromatic heterocycles. The first-order chi connectivity index (χ1) is 15.8. The molecule has 34 heavy (non-hydrogen) atoms. The van der Waals surface area contributed by atoms with E-state index in [1.807, 2.05) is 11.8 Å². The van der Waals surface area contributed by atoms with Crippen LogP contribution in [0.1, 0.15) is 39.2 Å². The minimum Gasteiger partial charge on any atom is -0.341 e. The number of hydrogen-bond donors (Lipinski definition) is 1. The highest BCUT2D eigenvalue weighted by atomic mass is 32.2. The van der Waals surface area contributed by atoms with Crippen LogP contribution in [0.25, 0.3) is 11.1 Å². The summed E-state index contributed by atoms with van der Waals surface area (Å²) in [6.45, 7) is 5.99. The molecule has 2 aromatic carbocycles. The quantitative estimate of drug-likeness (QED) is 0.626. The Labute approximate surface area is 195 Å². The Hall–Kier alpha value is -3.21. The van der Waals surface area contributed by atoms with Gasteiger partial charge in [-0.2, -0.15) is 18.2 Å². The maximum Gasteiger partial charge on any atom is 0.472 e. The molecule has 0 saturated heterocycles. The van der Waals surface area contributed by atoms with Gasteiger partial charge in [0.25, 0.3) is 15.9 Å². The predicted octanol–water partition coefficient (Wildman–Crippen LogP) is 4.04. The van der Waals surface area contributed by atoms with Crippen molar-refractivity contribution in [2.75, 3.05) is 0 Å². The molecule has 0 bridgehead atoms. The fourth-order valence-electron chi connectivity index (χ4n) is 3.60. The number of hydrogen-bond acceptors (Lipinski definition) is 5. The molecule has 0 fully saturated rings. The largest absolute Gasteiger partial charge is 0.472 e. The molecule has 1 N–H and O–H groups in total. The fourth-order valence-corrected chi connectivity index (χ4v) is 4.81. The summed E-state index contributed by atoms with van der Waals surface area (Å²) in [5.74, 6) is -2.07. The van der Waals surface area contributed by atoms with E-state index in [0.717, 1.165) is 22.8 Å². The summed E-state index contributed by atoms with van der Waals surface area (Å²) in [5.41, 5.74) is 0.617. The third-order valence-electron chi connectivity index (χ3n) is 5.48. The lowest BCUT2D eigenvalue weighted by Gasteiger charge is -2.32. The average Bonchev–Trinajstić information content (AvgIpc) is 2.96. The topological polar surface area (TPSA) is 95.9 Å². The monoisotopic (exact) mass is 495 g/mol. The molecule has 1 aliphatic rings. The zero-order valence-corrected chi connectivity index (χ0v) is 19.6. The van der Waals surface area contributed by atoms with Gasteiger partial charge in [-0.15, -0.1) is 0 Å². The van der Waals surface area contributed by atoms with Crippen LogP contribution in [0.2, 0.25) is 0 Å². The SMILES string of the molecule is CCCC1=NC(=O)C(C)(C)N1Cc1ccc(-c2ccccc2S(=O)(=O)NC(=O)C(F)(F)F)cc1. The molecule has 182 valence electrons. The highest BCUT2D eigenvalue weighted by molar-refractivity contribution is 7.90. The van der Waals surface area contributed by atoms with Crippen molar-refractivity contribution in [3.63, 3.8) is 0 Å². The zero-order chi connectivity index (χ0) is 25.3. The Kier molecular flexibility index (Phi) is 6.88. The third kappa shape index (κ3) is 5.14. The summed E-state index contributed by atoms with van der Waals surface area (Å²) in [7, 11) is -4.77. The van der Waals surface area contributed by atoms with Crippen LogP contribution in [0.3, 0.4) is 0 Å². The van der Waals surface area contributed by atoms with Crippen LogP contribution in [0.15, 0.2) is 58.4 Å².